The molecule has 0 unspecified atom stereocenters. The summed E-state index contributed by atoms with van der Waals surface area (Å²) < 4.78 is 2.02. The molecular formula is C7H9ClINS. The van der Waals surface area contributed by atoms with Crippen LogP contribution in [0, 0.1) is 0 Å². The van der Waals surface area contributed by atoms with Crippen LogP contribution in [0.15, 0.2) is 12.1 Å². The number of halogens is 2. The highest BCUT2D eigenvalue weighted by Crippen LogP contribution is 2.20. The lowest BCUT2D eigenvalue weighted by atomic mass is 10.4. The Hall–Kier alpha value is 0.680. The van der Waals surface area contributed by atoms with Crippen molar-refractivity contribution < 1.29 is 0 Å². The molecule has 0 aliphatic heterocycles. The summed E-state index contributed by atoms with van der Waals surface area (Å²) in [5.41, 5.74) is 0. The second kappa shape index (κ2) is 5.35. The van der Waals surface area contributed by atoms with Gasteiger partial charge in [0.2, 0.25) is 0 Å². The van der Waals surface area contributed by atoms with E-state index in [0.29, 0.717) is 0 Å². The van der Waals surface area contributed by atoms with Gasteiger partial charge in [0.25, 0.3) is 0 Å². The molecule has 1 rings (SSSR count). The van der Waals surface area contributed by atoms with Crippen LogP contribution in [0.25, 0.3) is 0 Å². The second-order valence-corrected chi connectivity index (χ2v) is 4.95. The quantitative estimate of drug-likeness (QED) is 0.512. The largest absolute Gasteiger partial charge is 0.311 e. The number of nitrogens with one attached hydrogen (secondary N) is 1. The van der Waals surface area contributed by atoms with Crippen molar-refractivity contribution in [1.29, 1.82) is 0 Å². The Morgan fingerprint density at radius 2 is 2.36 bits per heavy atom. The van der Waals surface area contributed by atoms with Gasteiger partial charge < -0.3 is 5.32 Å². The van der Waals surface area contributed by atoms with Crippen LogP contribution < -0.4 is 5.32 Å². The van der Waals surface area contributed by atoms with Crippen molar-refractivity contribution in [2.45, 2.75) is 6.54 Å². The molecule has 0 saturated carbocycles. The first-order chi connectivity index (χ1) is 5.33. The van der Waals surface area contributed by atoms with Crippen LogP contribution >= 0.6 is 45.5 Å². The molecule has 1 aromatic rings. The third-order valence-corrected chi connectivity index (χ3v) is 2.97. The van der Waals surface area contributed by atoms with E-state index in [9.17, 15) is 0 Å². The smallest absolute Gasteiger partial charge is 0.0931 e. The highest BCUT2D eigenvalue weighted by atomic mass is 127. The standard InChI is InChI=1S/C7H9ClINS/c8-7-2-1-6(11-7)5-10-4-3-9/h1-2,10H,3-5H2. The number of thiophene rings is 1. The summed E-state index contributed by atoms with van der Waals surface area (Å²) >= 11 is 9.75. The van der Waals surface area contributed by atoms with Crippen molar-refractivity contribution >= 4 is 45.5 Å². The number of rotatable bonds is 4. The molecule has 0 aliphatic carbocycles. The van der Waals surface area contributed by atoms with E-state index >= 15 is 0 Å². The summed E-state index contributed by atoms with van der Waals surface area (Å²) in [6.45, 7) is 2.01. The van der Waals surface area contributed by atoms with Gasteiger partial charge in [0, 0.05) is 22.4 Å². The lowest BCUT2D eigenvalue weighted by Crippen LogP contribution is -2.14. The molecule has 1 N–H and O–H groups in total. The van der Waals surface area contributed by atoms with E-state index in [4.69, 9.17) is 11.6 Å². The minimum Gasteiger partial charge on any atom is -0.311 e. The normalized spacial score (nSPS) is 10.4. The Kier molecular flexibility index (Phi) is 4.75. The van der Waals surface area contributed by atoms with Crippen LogP contribution in [0.3, 0.4) is 0 Å². The number of alkyl halides is 1. The number of hydrogen-bond acceptors (Lipinski definition) is 2. The van der Waals surface area contributed by atoms with Crippen molar-refractivity contribution in [2.75, 3.05) is 11.0 Å². The van der Waals surface area contributed by atoms with Crippen LogP contribution in [0.1, 0.15) is 4.88 Å². The molecule has 0 spiro atoms. The van der Waals surface area contributed by atoms with Crippen LogP contribution in [-0.2, 0) is 6.54 Å². The van der Waals surface area contributed by atoms with E-state index in [1.165, 1.54) is 4.88 Å². The van der Waals surface area contributed by atoms with Crippen LogP contribution in [0.2, 0.25) is 4.34 Å². The summed E-state index contributed by atoms with van der Waals surface area (Å²) in [5, 5.41) is 3.31. The highest BCUT2D eigenvalue weighted by molar-refractivity contribution is 14.1. The van der Waals surface area contributed by atoms with Crippen LogP contribution in [0.5, 0.6) is 0 Å². The van der Waals surface area contributed by atoms with Crippen LogP contribution in [-0.4, -0.2) is 11.0 Å². The first kappa shape index (κ1) is 9.77. The van der Waals surface area contributed by atoms with Gasteiger partial charge in [-0.05, 0) is 12.1 Å². The molecule has 0 aliphatic rings. The first-order valence-electron chi connectivity index (χ1n) is 3.34. The van der Waals surface area contributed by atoms with E-state index in [1.54, 1.807) is 11.3 Å². The predicted molar refractivity (Wildman–Crippen MR) is 59.9 cm³/mol. The molecule has 1 heterocycles. The van der Waals surface area contributed by atoms with Gasteiger partial charge in [-0.2, -0.15) is 0 Å². The Balaban J connectivity index is 2.27. The maximum absolute atomic E-state index is 5.76. The molecule has 0 aromatic carbocycles. The van der Waals surface area contributed by atoms with Crippen LogP contribution in [0.4, 0.5) is 0 Å². The van der Waals surface area contributed by atoms with Crippen molar-refractivity contribution in [3.8, 4) is 0 Å². The average molecular weight is 302 g/mol. The van der Waals surface area contributed by atoms with Crippen molar-refractivity contribution in [3.05, 3.63) is 21.3 Å². The predicted octanol–water partition coefficient (Wildman–Crippen LogP) is 2.93. The summed E-state index contributed by atoms with van der Waals surface area (Å²) in [6, 6.07) is 4.00. The van der Waals surface area contributed by atoms with E-state index in [1.807, 2.05) is 6.07 Å². The van der Waals surface area contributed by atoms with Gasteiger partial charge in [0.15, 0.2) is 0 Å². The lowest BCUT2D eigenvalue weighted by molar-refractivity contribution is 0.746. The average Bonchev–Trinajstić information content (AvgIpc) is 2.37. The second-order valence-electron chi connectivity index (χ2n) is 2.07. The molecule has 0 radical (unpaired) electrons. The minimum absolute atomic E-state index is 0.872. The van der Waals surface area contributed by atoms with Crippen molar-refractivity contribution in [3.63, 3.8) is 0 Å². The fraction of sp³-hybridized carbons (Fsp3) is 0.429. The molecule has 0 atom stereocenters. The molecule has 0 saturated heterocycles. The van der Waals surface area contributed by atoms with Gasteiger partial charge in [-0.1, -0.05) is 34.2 Å². The zero-order valence-corrected chi connectivity index (χ0v) is 9.67. The molecule has 0 amide bonds. The van der Waals surface area contributed by atoms with Gasteiger partial charge in [-0.15, -0.1) is 11.3 Å². The molecule has 1 aromatic heterocycles. The summed E-state index contributed by atoms with van der Waals surface area (Å²) in [5.74, 6) is 0. The molecule has 11 heavy (non-hydrogen) atoms. The third kappa shape index (κ3) is 3.73. The first-order valence-corrected chi connectivity index (χ1v) is 6.06. The van der Waals surface area contributed by atoms with Gasteiger partial charge >= 0.3 is 0 Å². The molecule has 0 fully saturated rings. The highest BCUT2D eigenvalue weighted by Gasteiger charge is 1.95. The maximum Gasteiger partial charge on any atom is 0.0931 e. The lowest BCUT2D eigenvalue weighted by Gasteiger charge is -1.97. The summed E-state index contributed by atoms with van der Waals surface area (Å²) in [7, 11) is 0. The molecule has 4 heteroatoms. The zero-order chi connectivity index (χ0) is 8.10. The fourth-order valence-corrected chi connectivity index (χ4v) is 2.16. The topological polar surface area (TPSA) is 12.0 Å². The maximum atomic E-state index is 5.76. The van der Waals surface area contributed by atoms with E-state index in [2.05, 4.69) is 34.0 Å². The molecule has 62 valence electrons. The van der Waals surface area contributed by atoms with Crippen molar-refractivity contribution in [1.82, 2.24) is 5.32 Å². The SMILES string of the molecule is Clc1ccc(CNCCI)s1. The van der Waals surface area contributed by atoms with E-state index < -0.39 is 0 Å². The Labute approximate surface area is 89.3 Å². The molecule has 1 nitrogen and oxygen atoms in total. The van der Waals surface area contributed by atoms with E-state index in [0.717, 1.165) is 21.9 Å². The van der Waals surface area contributed by atoms with Gasteiger partial charge in [0.1, 0.15) is 0 Å². The zero-order valence-electron chi connectivity index (χ0n) is 5.94. The Morgan fingerprint density at radius 3 is 2.91 bits per heavy atom. The fourth-order valence-electron chi connectivity index (χ4n) is 0.725. The molecule has 0 bridgehead atoms. The number of hydrogen-bond donors (Lipinski definition) is 1. The Bertz CT molecular complexity index is 214. The summed E-state index contributed by atoms with van der Waals surface area (Å²) in [4.78, 5) is 1.31. The van der Waals surface area contributed by atoms with Crippen molar-refractivity contribution in [2.24, 2.45) is 0 Å². The van der Waals surface area contributed by atoms with Gasteiger partial charge in [0.05, 0.1) is 4.34 Å². The minimum atomic E-state index is 0.872. The van der Waals surface area contributed by atoms with Gasteiger partial charge in [-0.3, -0.25) is 0 Å². The third-order valence-electron chi connectivity index (χ3n) is 1.20. The monoisotopic (exact) mass is 301 g/mol. The van der Waals surface area contributed by atoms with Gasteiger partial charge in [-0.25, -0.2) is 0 Å². The summed E-state index contributed by atoms with van der Waals surface area (Å²) in [6.07, 6.45) is 0. The Morgan fingerprint density at radius 1 is 1.55 bits per heavy atom. The van der Waals surface area contributed by atoms with E-state index in [-0.39, 0.29) is 0 Å². The molecular weight excluding hydrogens is 293 g/mol.